The van der Waals surface area contributed by atoms with E-state index in [0.717, 1.165) is 4.68 Å². The molecule has 94 valence electrons. The lowest BCUT2D eigenvalue weighted by molar-refractivity contribution is 0.00630. The summed E-state index contributed by atoms with van der Waals surface area (Å²) in [5.74, 6) is -0.910. The normalized spacial score (nSPS) is 14.8. The first-order chi connectivity index (χ1) is 8.84. The zero-order chi connectivity index (χ0) is 15.9. The second kappa shape index (κ2) is 4.50. The third-order valence-corrected chi connectivity index (χ3v) is 1.93. The maximum absolute atomic E-state index is 12.0. The van der Waals surface area contributed by atoms with Crippen LogP contribution in [0.5, 0.6) is 0 Å². The molecule has 0 unspecified atom stereocenters. The number of hydrogen-bond acceptors (Lipinski definition) is 5. The van der Waals surface area contributed by atoms with E-state index in [1.54, 1.807) is 20.8 Å². The van der Waals surface area contributed by atoms with Crippen LogP contribution in [0.4, 0.5) is 0 Å². The Labute approximate surface area is 105 Å². The van der Waals surface area contributed by atoms with Gasteiger partial charge in [0.1, 0.15) is 5.60 Å². The molecule has 1 rings (SSSR count). The number of aryl methyl sites for hydroxylation is 1. The highest BCUT2D eigenvalue weighted by Gasteiger charge is 2.30. The minimum Gasteiger partial charge on any atom is -0.455 e. The monoisotopic (exact) mass is 243 g/mol. The summed E-state index contributed by atoms with van der Waals surface area (Å²) < 4.78 is 28.1. The summed E-state index contributed by atoms with van der Waals surface area (Å²) in [6, 6.07) is 0. The van der Waals surface area contributed by atoms with Crippen LogP contribution in [0, 0.1) is 6.85 Å². The first-order valence-corrected chi connectivity index (χ1v) is 5.01. The summed E-state index contributed by atoms with van der Waals surface area (Å²) in [5, 5.41) is 22.5. The van der Waals surface area contributed by atoms with Crippen molar-refractivity contribution >= 4 is 18.6 Å². The summed E-state index contributed by atoms with van der Waals surface area (Å²) in [7, 11) is -0.830. The average Bonchev–Trinajstić information content (AvgIpc) is 2.52. The lowest BCUT2D eigenvalue weighted by Crippen LogP contribution is -2.37. The number of carbonyl (C=O) groups excluding carboxylic acids is 1. The van der Waals surface area contributed by atoms with E-state index in [0.29, 0.717) is 0 Å². The van der Waals surface area contributed by atoms with Crippen molar-refractivity contribution in [3.63, 3.8) is 0 Å². The van der Waals surface area contributed by atoms with Crippen molar-refractivity contribution in [1.82, 2.24) is 9.78 Å². The number of rotatable bonds is 2. The lowest BCUT2D eigenvalue weighted by Gasteiger charge is -2.19. The first kappa shape index (κ1) is 9.67. The summed E-state index contributed by atoms with van der Waals surface area (Å²) in [6.07, 6.45) is 0. The van der Waals surface area contributed by atoms with Gasteiger partial charge in [-0.1, -0.05) is 0 Å². The van der Waals surface area contributed by atoms with Crippen LogP contribution in [0.2, 0.25) is 0 Å². The van der Waals surface area contributed by atoms with Gasteiger partial charge in [-0.15, -0.1) is 0 Å². The quantitative estimate of drug-likeness (QED) is 0.533. The molecule has 7 heteroatoms. The van der Waals surface area contributed by atoms with Crippen LogP contribution < -0.4 is 5.46 Å². The van der Waals surface area contributed by atoms with Gasteiger partial charge in [-0.05, 0) is 27.6 Å². The standard InChI is InChI=1S/C10H17BN2O4/c1-6-7(11(15)16)8(12-13(6)5)9(14)17-10(2,3)4/h15-16H,1-5H3/i1D3. The van der Waals surface area contributed by atoms with Crippen LogP contribution in [0.25, 0.3) is 0 Å². The number of esters is 1. The zero-order valence-electron chi connectivity index (χ0n) is 13.2. The largest absolute Gasteiger partial charge is 0.492 e. The molecule has 17 heavy (non-hydrogen) atoms. The summed E-state index contributed by atoms with van der Waals surface area (Å²) in [5.41, 5.74) is -2.09. The van der Waals surface area contributed by atoms with Crippen LogP contribution in [0.15, 0.2) is 0 Å². The fourth-order valence-corrected chi connectivity index (χ4v) is 1.26. The fraction of sp³-hybridized carbons (Fsp3) is 0.600. The molecule has 0 atom stereocenters. The summed E-state index contributed by atoms with van der Waals surface area (Å²) in [4.78, 5) is 12.0. The fourth-order valence-electron chi connectivity index (χ4n) is 1.26. The van der Waals surface area contributed by atoms with E-state index in [2.05, 4.69) is 5.10 Å². The highest BCUT2D eigenvalue weighted by atomic mass is 16.6. The average molecular weight is 243 g/mol. The highest BCUT2D eigenvalue weighted by molar-refractivity contribution is 6.60. The molecule has 0 bridgehead atoms. The van der Waals surface area contributed by atoms with Crippen molar-refractivity contribution in [3.05, 3.63) is 11.4 Å². The van der Waals surface area contributed by atoms with Gasteiger partial charge in [0.2, 0.25) is 0 Å². The molecular formula is C10H17BN2O4. The Bertz CT molecular complexity index is 520. The smallest absolute Gasteiger partial charge is 0.455 e. The molecule has 6 nitrogen and oxygen atoms in total. The molecular weight excluding hydrogens is 223 g/mol. The maximum Gasteiger partial charge on any atom is 0.492 e. The van der Waals surface area contributed by atoms with E-state index in [1.807, 2.05) is 0 Å². The minimum atomic E-state index is -2.64. The number of carbonyl (C=O) groups is 1. The van der Waals surface area contributed by atoms with Gasteiger partial charge in [0.15, 0.2) is 5.69 Å². The second-order valence-corrected chi connectivity index (χ2v) is 4.61. The molecule has 1 aromatic rings. The lowest BCUT2D eigenvalue weighted by atomic mass is 9.78. The number of ether oxygens (including phenoxy) is 1. The minimum absolute atomic E-state index is 0.409. The van der Waals surface area contributed by atoms with Crippen molar-refractivity contribution in [2.75, 3.05) is 0 Å². The highest BCUT2D eigenvalue weighted by Crippen LogP contribution is 2.11. The Kier molecular flexibility index (Phi) is 2.56. The topological polar surface area (TPSA) is 84.6 Å². The Morgan fingerprint density at radius 2 is 2.12 bits per heavy atom. The number of hydrogen-bond donors (Lipinski definition) is 2. The van der Waals surface area contributed by atoms with Crippen LogP contribution in [-0.4, -0.2) is 38.5 Å². The van der Waals surface area contributed by atoms with Crippen LogP contribution in [-0.2, 0) is 11.8 Å². The Morgan fingerprint density at radius 3 is 2.53 bits per heavy atom. The third kappa shape index (κ3) is 3.07. The second-order valence-electron chi connectivity index (χ2n) is 4.61. The predicted molar refractivity (Wildman–Crippen MR) is 62.9 cm³/mol. The molecule has 0 spiro atoms. The van der Waals surface area contributed by atoms with Gasteiger partial charge in [0.25, 0.3) is 0 Å². The molecule has 1 heterocycles. The Morgan fingerprint density at radius 1 is 1.53 bits per heavy atom. The van der Waals surface area contributed by atoms with Gasteiger partial charge in [0, 0.05) is 22.3 Å². The van der Waals surface area contributed by atoms with Crippen molar-refractivity contribution < 1.29 is 23.7 Å². The first-order valence-electron chi connectivity index (χ1n) is 6.51. The molecule has 0 aromatic carbocycles. The summed E-state index contributed by atoms with van der Waals surface area (Å²) in [6.45, 7) is 2.26. The molecule has 0 fully saturated rings. The summed E-state index contributed by atoms with van der Waals surface area (Å²) >= 11 is 0. The Balaban J connectivity index is 3.39. The van der Waals surface area contributed by atoms with E-state index in [1.165, 1.54) is 7.05 Å². The predicted octanol–water partition coefficient (Wildman–Crippen LogP) is -0.636. The molecule has 0 aliphatic rings. The van der Waals surface area contributed by atoms with Crippen molar-refractivity contribution in [2.45, 2.75) is 33.2 Å². The van der Waals surface area contributed by atoms with E-state index < -0.39 is 42.4 Å². The van der Waals surface area contributed by atoms with Gasteiger partial charge in [-0.25, -0.2) is 4.79 Å². The van der Waals surface area contributed by atoms with Crippen LogP contribution in [0.3, 0.4) is 0 Å². The molecule has 0 aliphatic heterocycles. The van der Waals surface area contributed by atoms with Gasteiger partial charge in [0.05, 0.1) is 0 Å². The van der Waals surface area contributed by atoms with E-state index in [-0.39, 0.29) is 0 Å². The van der Waals surface area contributed by atoms with E-state index in [9.17, 15) is 14.8 Å². The van der Waals surface area contributed by atoms with E-state index in [4.69, 9.17) is 8.85 Å². The molecule has 0 amide bonds. The molecule has 0 saturated heterocycles. The SMILES string of the molecule is [2H]C([2H])([2H])c1c(B(O)O)c(C(=O)OC(C)(C)C)nn1C. The molecule has 2 N–H and O–H groups in total. The molecule has 1 aromatic heterocycles. The van der Waals surface area contributed by atoms with Crippen LogP contribution >= 0.6 is 0 Å². The van der Waals surface area contributed by atoms with Gasteiger partial charge in [-0.2, -0.15) is 5.10 Å². The zero-order valence-corrected chi connectivity index (χ0v) is 10.2. The van der Waals surface area contributed by atoms with Crippen LogP contribution in [0.1, 0.15) is 41.1 Å². The molecule has 0 radical (unpaired) electrons. The molecule has 0 aliphatic carbocycles. The third-order valence-electron chi connectivity index (χ3n) is 1.93. The van der Waals surface area contributed by atoms with Crippen molar-refractivity contribution in [2.24, 2.45) is 7.05 Å². The van der Waals surface area contributed by atoms with E-state index >= 15 is 0 Å². The number of aromatic nitrogens is 2. The van der Waals surface area contributed by atoms with Gasteiger partial charge < -0.3 is 14.8 Å². The van der Waals surface area contributed by atoms with Crippen molar-refractivity contribution in [1.29, 1.82) is 0 Å². The molecule has 0 saturated carbocycles. The van der Waals surface area contributed by atoms with Crippen molar-refractivity contribution in [3.8, 4) is 0 Å². The Hall–Kier alpha value is -1.34. The maximum atomic E-state index is 12.0. The number of nitrogens with zero attached hydrogens (tertiary/aromatic N) is 2. The van der Waals surface area contributed by atoms with Gasteiger partial charge >= 0.3 is 13.1 Å². The van der Waals surface area contributed by atoms with Gasteiger partial charge in [-0.3, -0.25) is 4.68 Å².